The van der Waals surface area contributed by atoms with E-state index in [1.807, 2.05) is 19.1 Å². The zero-order valence-electron chi connectivity index (χ0n) is 11.4. The number of carbonyl (C=O) groups is 1. The second-order valence-corrected chi connectivity index (χ2v) is 7.47. The standard InChI is InChI=1S/C12H13N3O4S2/c1-8-4-3-5-9(6-8)19-7-10(16)13-11-14-15-12(20-11)21(2,17)18/h3-6H,7H2,1-2H3,(H,13,14,16). The average molecular weight is 327 g/mol. The molecule has 0 bridgehead atoms. The Bertz CT molecular complexity index is 755. The number of ether oxygens (including phenoxy) is 1. The van der Waals surface area contributed by atoms with Gasteiger partial charge in [-0.15, -0.1) is 10.2 Å². The van der Waals surface area contributed by atoms with Gasteiger partial charge in [0.2, 0.25) is 19.3 Å². The number of carbonyl (C=O) groups excluding carboxylic acids is 1. The summed E-state index contributed by atoms with van der Waals surface area (Å²) in [6.07, 6.45) is 1.03. The van der Waals surface area contributed by atoms with Crippen molar-refractivity contribution in [2.45, 2.75) is 11.3 Å². The van der Waals surface area contributed by atoms with Crippen LogP contribution in [0.3, 0.4) is 0 Å². The Hall–Kier alpha value is -2.00. The number of nitrogens with one attached hydrogen (secondary N) is 1. The number of anilines is 1. The first kappa shape index (κ1) is 15.4. The van der Waals surface area contributed by atoms with E-state index >= 15 is 0 Å². The van der Waals surface area contributed by atoms with Gasteiger partial charge in [0.1, 0.15) is 5.75 Å². The van der Waals surface area contributed by atoms with Gasteiger partial charge in [0.25, 0.3) is 5.91 Å². The van der Waals surface area contributed by atoms with Gasteiger partial charge in [-0.3, -0.25) is 10.1 Å². The molecule has 0 saturated heterocycles. The monoisotopic (exact) mass is 327 g/mol. The van der Waals surface area contributed by atoms with Crippen molar-refractivity contribution in [2.75, 3.05) is 18.2 Å². The van der Waals surface area contributed by atoms with Crippen molar-refractivity contribution in [3.05, 3.63) is 29.8 Å². The highest BCUT2D eigenvalue weighted by Gasteiger charge is 2.15. The summed E-state index contributed by atoms with van der Waals surface area (Å²) in [5.41, 5.74) is 1.02. The number of aromatic nitrogens is 2. The number of rotatable bonds is 5. The molecule has 1 aromatic heterocycles. The first-order valence-electron chi connectivity index (χ1n) is 5.87. The van der Waals surface area contributed by atoms with Crippen LogP contribution in [0.4, 0.5) is 5.13 Å². The molecule has 0 radical (unpaired) electrons. The highest BCUT2D eigenvalue weighted by atomic mass is 32.2. The van der Waals surface area contributed by atoms with E-state index in [1.165, 1.54) is 0 Å². The Balaban J connectivity index is 1.92. The average Bonchev–Trinajstić information content (AvgIpc) is 2.85. The first-order chi connectivity index (χ1) is 9.84. The lowest BCUT2D eigenvalue weighted by atomic mass is 10.2. The van der Waals surface area contributed by atoms with Crippen molar-refractivity contribution in [2.24, 2.45) is 0 Å². The number of hydrogen-bond acceptors (Lipinski definition) is 7. The Labute approximate surface area is 125 Å². The van der Waals surface area contributed by atoms with Gasteiger partial charge in [-0.25, -0.2) is 8.42 Å². The minimum atomic E-state index is -3.42. The highest BCUT2D eigenvalue weighted by molar-refractivity contribution is 7.92. The molecule has 7 nitrogen and oxygen atoms in total. The van der Waals surface area contributed by atoms with E-state index in [4.69, 9.17) is 4.74 Å². The fraction of sp³-hybridized carbons (Fsp3) is 0.250. The normalized spacial score (nSPS) is 11.1. The van der Waals surface area contributed by atoms with Crippen LogP contribution in [0.5, 0.6) is 5.75 Å². The molecule has 0 aliphatic carbocycles. The molecule has 21 heavy (non-hydrogen) atoms. The summed E-state index contributed by atoms with van der Waals surface area (Å²) >= 11 is 0.795. The smallest absolute Gasteiger partial charge is 0.264 e. The van der Waals surface area contributed by atoms with E-state index in [1.54, 1.807) is 12.1 Å². The Morgan fingerprint density at radius 1 is 1.38 bits per heavy atom. The molecule has 1 aromatic carbocycles. The zero-order chi connectivity index (χ0) is 15.5. The molecule has 0 spiro atoms. The lowest BCUT2D eigenvalue weighted by Gasteiger charge is -2.05. The summed E-state index contributed by atoms with van der Waals surface area (Å²) in [6.45, 7) is 1.72. The lowest BCUT2D eigenvalue weighted by molar-refractivity contribution is -0.118. The topological polar surface area (TPSA) is 98.2 Å². The molecule has 0 saturated carbocycles. The quantitative estimate of drug-likeness (QED) is 0.830. The highest BCUT2D eigenvalue weighted by Crippen LogP contribution is 2.19. The van der Waals surface area contributed by atoms with Crippen LogP contribution in [0, 0.1) is 6.92 Å². The fourth-order valence-corrected chi connectivity index (χ4v) is 2.94. The predicted octanol–water partition coefficient (Wildman–Crippen LogP) is 1.27. The maximum atomic E-state index is 11.7. The molecule has 2 rings (SSSR count). The molecule has 112 valence electrons. The van der Waals surface area contributed by atoms with Gasteiger partial charge in [-0.2, -0.15) is 0 Å². The predicted molar refractivity (Wildman–Crippen MR) is 78.3 cm³/mol. The third kappa shape index (κ3) is 4.50. The molecule has 9 heteroatoms. The van der Waals surface area contributed by atoms with E-state index in [0.29, 0.717) is 5.75 Å². The fourth-order valence-electron chi connectivity index (χ4n) is 1.42. The van der Waals surface area contributed by atoms with Gasteiger partial charge in [0.15, 0.2) is 6.61 Å². The van der Waals surface area contributed by atoms with Crippen molar-refractivity contribution >= 4 is 32.2 Å². The zero-order valence-corrected chi connectivity index (χ0v) is 13.0. The van der Waals surface area contributed by atoms with Gasteiger partial charge >= 0.3 is 0 Å². The minimum Gasteiger partial charge on any atom is -0.484 e. The van der Waals surface area contributed by atoms with E-state index in [0.717, 1.165) is 23.2 Å². The summed E-state index contributed by atoms with van der Waals surface area (Å²) in [6, 6.07) is 7.29. The van der Waals surface area contributed by atoms with Gasteiger partial charge in [-0.05, 0) is 24.6 Å². The van der Waals surface area contributed by atoms with Crippen LogP contribution < -0.4 is 10.1 Å². The second kappa shape index (κ2) is 6.19. The number of sulfone groups is 1. The molecule has 0 unspecified atom stereocenters. The van der Waals surface area contributed by atoms with Crippen LogP contribution >= 0.6 is 11.3 Å². The maximum absolute atomic E-state index is 11.7. The van der Waals surface area contributed by atoms with Gasteiger partial charge in [-0.1, -0.05) is 23.5 Å². The molecular weight excluding hydrogens is 314 g/mol. The van der Waals surface area contributed by atoms with E-state index < -0.39 is 15.7 Å². The van der Waals surface area contributed by atoms with Crippen LogP contribution in [0.25, 0.3) is 0 Å². The van der Waals surface area contributed by atoms with Crippen molar-refractivity contribution in [1.29, 1.82) is 0 Å². The number of nitrogens with zero attached hydrogens (tertiary/aromatic N) is 2. The molecule has 1 amide bonds. The molecule has 1 heterocycles. The minimum absolute atomic E-state index is 0.119. The molecular formula is C12H13N3O4S2. The van der Waals surface area contributed by atoms with E-state index in [-0.39, 0.29) is 16.1 Å². The van der Waals surface area contributed by atoms with Crippen LogP contribution in [-0.4, -0.2) is 37.4 Å². The summed E-state index contributed by atoms with van der Waals surface area (Å²) in [7, 11) is -3.42. The van der Waals surface area contributed by atoms with Crippen molar-refractivity contribution in [1.82, 2.24) is 10.2 Å². The van der Waals surface area contributed by atoms with Crippen molar-refractivity contribution in [3.8, 4) is 5.75 Å². The van der Waals surface area contributed by atoms with E-state index in [2.05, 4.69) is 15.5 Å². The molecule has 0 aliphatic heterocycles. The Morgan fingerprint density at radius 2 is 2.14 bits per heavy atom. The Morgan fingerprint density at radius 3 is 2.76 bits per heavy atom. The lowest BCUT2D eigenvalue weighted by Crippen LogP contribution is -2.20. The number of benzene rings is 1. The third-order valence-electron chi connectivity index (χ3n) is 2.33. The summed E-state index contributed by atoms with van der Waals surface area (Å²) in [4.78, 5) is 11.7. The van der Waals surface area contributed by atoms with Gasteiger partial charge in [0, 0.05) is 6.26 Å². The summed E-state index contributed by atoms with van der Waals surface area (Å²) in [5.74, 6) is 0.145. The molecule has 0 atom stereocenters. The first-order valence-corrected chi connectivity index (χ1v) is 8.58. The van der Waals surface area contributed by atoms with Gasteiger partial charge < -0.3 is 4.74 Å². The van der Waals surface area contributed by atoms with Crippen molar-refractivity contribution < 1.29 is 17.9 Å². The van der Waals surface area contributed by atoms with Gasteiger partial charge in [0.05, 0.1) is 0 Å². The number of hydrogen-bond donors (Lipinski definition) is 1. The number of amides is 1. The van der Waals surface area contributed by atoms with E-state index in [9.17, 15) is 13.2 Å². The molecule has 0 aliphatic rings. The van der Waals surface area contributed by atoms with Crippen LogP contribution in [0.15, 0.2) is 28.6 Å². The largest absolute Gasteiger partial charge is 0.484 e. The van der Waals surface area contributed by atoms with Crippen LogP contribution in [0.2, 0.25) is 0 Å². The molecule has 2 aromatic rings. The summed E-state index contributed by atoms with van der Waals surface area (Å²) in [5, 5.41) is 9.64. The van der Waals surface area contributed by atoms with Crippen LogP contribution in [0.1, 0.15) is 5.56 Å². The maximum Gasteiger partial charge on any atom is 0.264 e. The SMILES string of the molecule is Cc1cccc(OCC(=O)Nc2nnc(S(C)(=O)=O)s2)c1. The summed E-state index contributed by atoms with van der Waals surface area (Å²) < 4.78 is 27.7. The second-order valence-electron chi connectivity index (χ2n) is 4.30. The Kier molecular flexibility index (Phi) is 4.53. The third-order valence-corrected chi connectivity index (χ3v) is 4.84. The van der Waals surface area contributed by atoms with Crippen molar-refractivity contribution in [3.63, 3.8) is 0 Å². The molecule has 0 fully saturated rings. The number of aryl methyl sites for hydroxylation is 1. The molecule has 1 N–H and O–H groups in total. The van der Waals surface area contributed by atoms with Crippen LogP contribution in [-0.2, 0) is 14.6 Å².